The summed E-state index contributed by atoms with van der Waals surface area (Å²) in [6, 6.07) is 0. The van der Waals surface area contributed by atoms with Crippen molar-refractivity contribution in [1.29, 1.82) is 0 Å². The van der Waals surface area contributed by atoms with E-state index < -0.39 is 16.4 Å². The minimum atomic E-state index is -2.91. The zero-order valence-corrected chi connectivity index (χ0v) is 12.9. The Hall–Kier alpha value is 1.76. The van der Waals surface area contributed by atoms with Crippen LogP contribution < -0.4 is 0 Å². The van der Waals surface area contributed by atoms with E-state index in [-0.39, 0.29) is 12.2 Å². The standard InChI is InChI=1S/2C3H7O.2BrH.Zr/c2*1-3(2)4;;;/h2*3H,1-2H3;2*1H;/q2*-1;;;+4/p-2. The van der Waals surface area contributed by atoms with E-state index in [1.807, 2.05) is 27.7 Å². The molecule has 0 amide bonds. The molecular formula is C6H14Br2O2Zr. The van der Waals surface area contributed by atoms with E-state index in [0.29, 0.717) is 0 Å². The number of hydrogen-bond donors (Lipinski definition) is 0. The SMILES string of the molecule is CC(C)[O][Zr]([Br])([Br])[O]C(C)C. The maximum absolute atomic E-state index is 5.57. The molecule has 5 heteroatoms. The monoisotopic (exact) mass is 366 g/mol. The first-order chi connectivity index (χ1) is 4.83. The van der Waals surface area contributed by atoms with Gasteiger partial charge in [0.1, 0.15) is 0 Å². The Morgan fingerprint density at radius 3 is 1.36 bits per heavy atom. The van der Waals surface area contributed by atoms with Crippen LogP contribution in [0.1, 0.15) is 27.7 Å². The average molecular weight is 369 g/mol. The van der Waals surface area contributed by atoms with Crippen LogP contribution in [0.25, 0.3) is 0 Å². The molecule has 0 aromatic rings. The molecule has 0 N–H and O–H groups in total. The fraction of sp³-hybridized carbons (Fsp3) is 1.00. The van der Waals surface area contributed by atoms with Crippen LogP contribution >= 0.6 is 24.4 Å². The summed E-state index contributed by atoms with van der Waals surface area (Å²) in [5.41, 5.74) is 0. The Labute approximate surface area is 85.6 Å². The predicted molar refractivity (Wildman–Crippen MR) is 50.3 cm³/mol. The van der Waals surface area contributed by atoms with Gasteiger partial charge in [0.15, 0.2) is 0 Å². The molecule has 2 nitrogen and oxygen atoms in total. The molecule has 0 unspecified atom stereocenters. The van der Waals surface area contributed by atoms with Crippen LogP contribution in [0, 0.1) is 0 Å². The molecule has 0 rings (SSSR count). The summed E-state index contributed by atoms with van der Waals surface area (Å²) >= 11 is 4.02. The van der Waals surface area contributed by atoms with Gasteiger partial charge >= 0.3 is 86.4 Å². The van der Waals surface area contributed by atoms with Crippen molar-refractivity contribution in [2.75, 3.05) is 0 Å². The van der Waals surface area contributed by atoms with Crippen LogP contribution in [0.2, 0.25) is 0 Å². The summed E-state index contributed by atoms with van der Waals surface area (Å²) in [4.78, 5) is 0. The van der Waals surface area contributed by atoms with Crippen molar-refractivity contribution in [1.82, 2.24) is 0 Å². The Kier molecular flexibility index (Phi) is 6.36. The molecule has 0 aromatic heterocycles. The third-order valence-corrected chi connectivity index (χ3v) is 8.84. The maximum atomic E-state index is 5.57. The molecule has 0 spiro atoms. The van der Waals surface area contributed by atoms with E-state index in [9.17, 15) is 0 Å². The van der Waals surface area contributed by atoms with Crippen LogP contribution in [-0.2, 0) is 22.1 Å². The first-order valence-electron chi connectivity index (χ1n) is 3.57. The van der Waals surface area contributed by atoms with Crippen LogP contribution in [0.15, 0.2) is 0 Å². The molecule has 68 valence electrons. The molecule has 0 aliphatic carbocycles. The molecule has 0 fully saturated rings. The molecule has 0 aliphatic rings. The molecule has 0 atom stereocenters. The molecule has 0 saturated heterocycles. The third kappa shape index (κ3) is 8.10. The first-order valence-corrected chi connectivity index (χ1v) is 16.8. The van der Waals surface area contributed by atoms with Gasteiger partial charge in [-0.15, -0.1) is 0 Å². The van der Waals surface area contributed by atoms with Crippen molar-refractivity contribution >= 4 is 24.4 Å². The van der Waals surface area contributed by atoms with Gasteiger partial charge < -0.3 is 0 Å². The molecule has 0 bridgehead atoms. The van der Waals surface area contributed by atoms with E-state index >= 15 is 0 Å². The number of halogens is 2. The predicted octanol–water partition coefficient (Wildman–Crippen LogP) is 3.44. The second-order valence-electron chi connectivity index (χ2n) is 2.80. The van der Waals surface area contributed by atoms with Gasteiger partial charge in [-0.1, -0.05) is 0 Å². The topological polar surface area (TPSA) is 18.5 Å². The quantitative estimate of drug-likeness (QED) is 0.756. The zero-order chi connectivity index (χ0) is 9.07. The molecule has 0 aromatic carbocycles. The van der Waals surface area contributed by atoms with Crippen LogP contribution in [0.4, 0.5) is 0 Å². The van der Waals surface area contributed by atoms with Crippen molar-refractivity contribution in [2.45, 2.75) is 39.9 Å². The van der Waals surface area contributed by atoms with Gasteiger partial charge in [-0.05, 0) is 0 Å². The van der Waals surface area contributed by atoms with E-state index in [1.54, 1.807) is 0 Å². The number of hydrogen-bond acceptors (Lipinski definition) is 2. The van der Waals surface area contributed by atoms with Gasteiger partial charge in [-0.3, -0.25) is 0 Å². The van der Waals surface area contributed by atoms with Gasteiger partial charge in [0.25, 0.3) is 0 Å². The average Bonchev–Trinajstić information content (AvgIpc) is 1.53. The molecular weight excluding hydrogens is 355 g/mol. The van der Waals surface area contributed by atoms with Crippen LogP contribution in [0.3, 0.4) is 0 Å². The van der Waals surface area contributed by atoms with Gasteiger partial charge in [0.2, 0.25) is 0 Å². The zero-order valence-electron chi connectivity index (χ0n) is 7.23. The van der Waals surface area contributed by atoms with Crippen molar-refractivity contribution in [2.24, 2.45) is 0 Å². The Balaban J connectivity index is 3.79. The Morgan fingerprint density at radius 2 is 1.18 bits per heavy atom. The van der Waals surface area contributed by atoms with Gasteiger partial charge in [-0.25, -0.2) is 0 Å². The second kappa shape index (κ2) is 5.48. The van der Waals surface area contributed by atoms with Crippen molar-refractivity contribution in [3.8, 4) is 0 Å². The first kappa shape index (κ1) is 12.8. The van der Waals surface area contributed by atoms with Crippen molar-refractivity contribution in [3.05, 3.63) is 0 Å². The van der Waals surface area contributed by atoms with E-state index in [1.165, 1.54) is 0 Å². The fourth-order valence-corrected chi connectivity index (χ4v) is 12.3. The van der Waals surface area contributed by atoms with E-state index in [2.05, 4.69) is 24.4 Å². The van der Waals surface area contributed by atoms with Crippen LogP contribution in [-0.4, -0.2) is 12.2 Å². The normalized spacial score (nSPS) is 13.1. The number of rotatable bonds is 4. The van der Waals surface area contributed by atoms with E-state index in [4.69, 9.17) is 5.63 Å². The Bertz CT molecular complexity index is 105. The Morgan fingerprint density at radius 1 is 0.909 bits per heavy atom. The third-order valence-electron chi connectivity index (χ3n) is 0.746. The summed E-state index contributed by atoms with van der Waals surface area (Å²) in [6.07, 6.45) is 0.423. The summed E-state index contributed by atoms with van der Waals surface area (Å²) in [5, 5.41) is 0. The molecule has 0 heterocycles. The summed E-state index contributed by atoms with van der Waals surface area (Å²) in [5.74, 6) is 0. The van der Waals surface area contributed by atoms with Gasteiger partial charge in [-0.2, -0.15) is 0 Å². The summed E-state index contributed by atoms with van der Waals surface area (Å²) < 4.78 is 11.1. The molecule has 0 aliphatic heterocycles. The molecule has 0 radical (unpaired) electrons. The van der Waals surface area contributed by atoms with E-state index in [0.717, 1.165) is 0 Å². The fourth-order valence-electron chi connectivity index (χ4n) is 0.577. The van der Waals surface area contributed by atoms with Crippen LogP contribution in [0.5, 0.6) is 0 Å². The minimum absolute atomic E-state index is 0.211. The molecule has 0 saturated carbocycles. The molecule has 11 heavy (non-hydrogen) atoms. The summed E-state index contributed by atoms with van der Waals surface area (Å²) in [7, 11) is 0. The summed E-state index contributed by atoms with van der Waals surface area (Å²) in [6.45, 7) is 7.99. The van der Waals surface area contributed by atoms with Gasteiger partial charge in [0.05, 0.1) is 0 Å². The van der Waals surface area contributed by atoms with Crippen molar-refractivity contribution in [3.63, 3.8) is 0 Å². The van der Waals surface area contributed by atoms with Crippen molar-refractivity contribution < 1.29 is 22.1 Å². The van der Waals surface area contributed by atoms with Gasteiger partial charge in [0, 0.05) is 0 Å². The second-order valence-corrected chi connectivity index (χ2v) is 24.9.